The van der Waals surface area contributed by atoms with Gasteiger partial charge in [0, 0.05) is 18.9 Å². The zero-order chi connectivity index (χ0) is 15.7. The smallest absolute Gasteiger partial charge is 0.337 e. The first-order chi connectivity index (χ1) is 10.1. The van der Waals surface area contributed by atoms with Crippen molar-refractivity contribution in [2.24, 2.45) is 0 Å². The van der Waals surface area contributed by atoms with E-state index in [1.165, 1.54) is 14.0 Å². The van der Waals surface area contributed by atoms with Gasteiger partial charge in [-0.3, -0.25) is 4.79 Å². The standard InChI is InChI=1S/C17H20O4/c1-4-5-6-7-8-16(21-13(2)18)14-9-11-15(12-10-14)17(19)20-3/h9-12,16H,4-6H2,1-3H3. The minimum atomic E-state index is -0.606. The van der Waals surface area contributed by atoms with Gasteiger partial charge in [-0.2, -0.15) is 0 Å². The fourth-order valence-corrected chi connectivity index (χ4v) is 1.69. The number of methoxy groups -OCH3 is 1. The maximum Gasteiger partial charge on any atom is 0.337 e. The molecule has 1 aromatic carbocycles. The normalized spacial score (nSPS) is 11.0. The number of hydrogen-bond acceptors (Lipinski definition) is 4. The molecule has 0 fully saturated rings. The van der Waals surface area contributed by atoms with E-state index >= 15 is 0 Å². The molecule has 0 amide bonds. The van der Waals surface area contributed by atoms with Crippen LogP contribution in [0.1, 0.15) is 55.1 Å². The van der Waals surface area contributed by atoms with Crippen LogP contribution in [0.4, 0.5) is 0 Å². The Bertz CT molecular complexity index is 534. The molecule has 0 aromatic heterocycles. The summed E-state index contributed by atoms with van der Waals surface area (Å²) in [5.41, 5.74) is 1.18. The van der Waals surface area contributed by atoms with Gasteiger partial charge in [-0.1, -0.05) is 37.3 Å². The second-order valence-electron chi connectivity index (χ2n) is 4.53. The van der Waals surface area contributed by atoms with Crippen LogP contribution in [0, 0.1) is 11.8 Å². The van der Waals surface area contributed by atoms with Crippen LogP contribution in [0.25, 0.3) is 0 Å². The topological polar surface area (TPSA) is 52.6 Å². The summed E-state index contributed by atoms with van der Waals surface area (Å²) in [5.74, 6) is 5.19. The molecule has 112 valence electrons. The molecule has 1 atom stereocenters. The third kappa shape index (κ3) is 5.70. The maximum atomic E-state index is 11.4. The van der Waals surface area contributed by atoms with E-state index in [0.717, 1.165) is 24.8 Å². The molecule has 4 nitrogen and oxygen atoms in total. The fraction of sp³-hybridized carbons (Fsp3) is 0.412. The number of carbonyl (C=O) groups is 2. The van der Waals surface area contributed by atoms with Crippen molar-refractivity contribution in [2.75, 3.05) is 7.11 Å². The zero-order valence-electron chi connectivity index (χ0n) is 12.6. The number of rotatable bonds is 5. The van der Waals surface area contributed by atoms with E-state index < -0.39 is 12.1 Å². The van der Waals surface area contributed by atoms with Crippen molar-refractivity contribution in [1.82, 2.24) is 0 Å². The van der Waals surface area contributed by atoms with Crippen LogP contribution in [0.15, 0.2) is 24.3 Å². The summed E-state index contributed by atoms with van der Waals surface area (Å²) in [6.07, 6.45) is 2.25. The molecule has 0 heterocycles. The van der Waals surface area contributed by atoms with Crippen LogP contribution in [0.2, 0.25) is 0 Å². The first-order valence-corrected chi connectivity index (χ1v) is 6.92. The number of ether oxygens (including phenoxy) is 2. The minimum absolute atomic E-state index is 0.387. The summed E-state index contributed by atoms with van der Waals surface area (Å²) in [4.78, 5) is 22.6. The van der Waals surface area contributed by atoms with Gasteiger partial charge >= 0.3 is 11.9 Å². The average Bonchev–Trinajstić information content (AvgIpc) is 2.49. The molecule has 21 heavy (non-hydrogen) atoms. The van der Waals surface area contributed by atoms with E-state index in [1.54, 1.807) is 24.3 Å². The molecule has 0 aliphatic heterocycles. The van der Waals surface area contributed by atoms with Gasteiger partial charge < -0.3 is 9.47 Å². The molecule has 0 aliphatic rings. The summed E-state index contributed by atoms with van der Waals surface area (Å²) in [6.45, 7) is 3.44. The van der Waals surface area contributed by atoms with Crippen molar-refractivity contribution >= 4 is 11.9 Å². The van der Waals surface area contributed by atoms with Crippen LogP contribution in [-0.4, -0.2) is 19.0 Å². The molecule has 0 saturated carbocycles. The summed E-state index contributed by atoms with van der Waals surface area (Å²) in [6, 6.07) is 6.69. The Hall–Kier alpha value is -2.28. The number of hydrogen-bond donors (Lipinski definition) is 0. The highest BCUT2D eigenvalue weighted by atomic mass is 16.5. The molecule has 0 bridgehead atoms. The first-order valence-electron chi connectivity index (χ1n) is 6.92. The Labute approximate surface area is 125 Å². The van der Waals surface area contributed by atoms with Crippen LogP contribution < -0.4 is 0 Å². The van der Waals surface area contributed by atoms with Gasteiger partial charge in [-0.15, -0.1) is 0 Å². The van der Waals surface area contributed by atoms with Gasteiger partial charge in [-0.25, -0.2) is 4.79 Å². The van der Waals surface area contributed by atoms with Gasteiger partial charge in [0.2, 0.25) is 0 Å². The molecule has 1 unspecified atom stereocenters. The van der Waals surface area contributed by atoms with Crippen LogP contribution in [0.5, 0.6) is 0 Å². The number of esters is 2. The van der Waals surface area contributed by atoms with Crippen LogP contribution in [0.3, 0.4) is 0 Å². The predicted molar refractivity (Wildman–Crippen MR) is 79.6 cm³/mol. The number of carbonyl (C=O) groups excluding carboxylic acids is 2. The largest absolute Gasteiger partial charge is 0.465 e. The fourth-order valence-electron chi connectivity index (χ4n) is 1.69. The highest BCUT2D eigenvalue weighted by molar-refractivity contribution is 5.89. The quantitative estimate of drug-likeness (QED) is 0.474. The molecule has 0 radical (unpaired) electrons. The summed E-state index contributed by atoms with van der Waals surface area (Å²) >= 11 is 0. The predicted octanol–water partition coefficient (Wildman–Crippen LogP) is 3.27. The number of benzene rings is 1. The van der Waals surface area contributed by atoms with Gasteiger partial charge in [0.15, 0.2) is 6.10 Å². The third-order valence-corrected chi connectivity index (χ3v) is 2.81. The Morgan fingerprint density at radius 2 is 1.90 bits per heavy atom. The monoisotopic (exact) mass is 288 g/mol. The van der Waals surface area contributed by atoms with Gasteiger partial charge in [0.25, 0.3) is 0 Å². The lowest BCUT2D eigenvalue weighted by Crippen LogP contribution is -2.07. The number of unbranched alkanes of at least 4 members (excludes halogenated alkanes) is 2. The summed E-state index contributed by atoms with van der Waals surface area (Å²) in [7, 11) is 1.33. The lowest BCUT2D eigenvalue weighted by Gasteiger charge is -2.11. The molecule has 0 spiro atoms. The summed E-state index contributed by atoms with van der Waals surface area (Å²) in [5, 5.41) is 0. The van der Waals surface area contributed by atoms with Gasteiger partial charge in [-0.05, 0) is 18.6 Å². The lowest BCUT2D eigenvalue weighted by atomic mass is 10.1. The molecular formula is C17H20O4. The zero-order valence-corrected chi connectivity index (χ0v) is 12.6. The van der Waals surface area contributed by atoms with E-state index in [0.29, 0.717) is 5.56 Å². The Morgan fingerprint density at radius 1 is 1.24 bits per heavy atom. The molecule has 1 aromatic rings. The molecule has 0 aliphatic carbocycles. The summed E-state index contributed by atoms with van der Waals surface area (Å²) < 4.78 is 9.86. The van der Waals surface area contributed by atoms with E-state index in [2.05, 4.69) is 23.5 Å². The van der Waals surface area contributed by atoms with Crippen molar-refractivity contribution < 1.29 is 19.1 Å². The van der Waals surface area contributed by atoms with Crippen molar-refractivity contribution in [3.63, 3.8) is 0 Å². The van der Waals surface area contributed by atoms with Crippen molar-refractivity contribution in [2.45, 2.75) is 39.2 Å². The average molecular weight is 288 g/mol. The first kappa shape index (κ1) is 16.8. The van der Waals surface area contributed by atoms with Gasteiger partial charge in [0.1, 0.15) is 0 Å². The molecule has 1 rings (SSSR count). The van der Waals surface area contributed by atoms with Crippen LogP contribution in [-0.2, 0) is 14.3 Å². The highest BCUT2D eigenvalue weighted by Crippen LogP contribution is 2.18. The molecule has 4 heteroatoms. The second-order valence-corrected chi connectivity index (χ2v) is 4.53. The van der Waals surface area contributed by atoms with Gasteiger partial charge in [0.05, 0.1) is 12.7 Å². The van der Waals surface area contributed by atoms with E-state index in [-0.39, 0.29) is 5.97 Å². The minimum Gasteiger partial charge on any atom is -0.465 e. The molecule has 0 saturated heterocycles. The maximum absolute atomic E-state index is 11.4. The third-order valence-electron chi connectivity index (χ3n) is 2.81. The van der Waals surface area contributed by atoms with Crippen molar-refractivity contribution in [3.8, 4) is 11.8 Å². The van der Waals surface area contributed by atoms with Crippen molar-refractivity contribution in [1.29, 1.82) is 0 Å². The van der Waals surface area contributed by atoms with E-state index in [1.807, 2.05) is 0 Å². The Kier molecular flexibility index (Phi) is 7.03. The van der Waals surface area contributed by atoms with Crippen molar-refractivity contribution in [3.05, 3.63) is 35.4 Å². The molecular weight excluding hydrogens is 268 g/mol. The van der Waals surface area contributed by atoms with E-state index in [9.17, 15) is 9.59 Å². The lowest BCUT2D eigenvalue weighted by molar-refractivity contribution is -0.144. The van der Waals surface area contributed by atoms with E-state index in [4.69, 9.17) is 4.74 Å². The Balaban J connectivity index is 2.88. The second kappa shape index (κ2) is 8.80. The van der Waals surface area contributed by atoms with Crippen LogP contribution >= 0.6 is 0 Å². The molecule has 0 N–H and O–H groups in total. The Morgan fingerprint density at radius 3 is 2.43 bits per heavy atom. The highest BCUT2D eigenvalue weighted by Gasteiger charge is 2.13. The SMILES string of the molecule is CCCCC#CC(OC(C)=O)c1ccc(C(=O)OC)cc1.